The number of hydrogen-bond acceptors (Lipinski definition) is 9. The number of fused-ring (bicyclic) bond motifs is 1. The number of rotatable bonds is 22. The average molecular weight is 573 g/mol. The predicted octanol–water partition coefficient (Wildman–Crippen LogP) is 5.74. The lowest BCUT2D eigenvalue weighted by Crippen LogP contribution is -2.37. The molecule has 4 N–H and O–H groups in total. The van der Waals surface area contributed by atoms with Gasteiger partial charge < -0.3 is 25.5 Å². The Balaban J connectivity index is 1.72. The molecule has 0 fully saturated rings. The summed E-state index contributed by atoms with van der Waals surface area (Å²) in [6.07, 6.45) is 21.7. The number of hydrogen-bond donors (Lipinski definition) is 2. The molecule has 10 nitrogen and oxygen atoms in total. The summed E-state index contributed by atoms with van der Waals surface area (Å²) in [5, 5.41) is 0. The number of esters is 2. The molecule has 0 spiro atoms. The van der Waals surface area contributed by atoms with Crippen molar-refractivity contribution in [2.24, 2.45) is 17.6 Å². The van der Waals surface area contributed by atoms with E-state index >= 15 is 0 Å². The van der Waals surface area contributed by atoms with Gasteiger partial charge in [-0.2, -0.15) is 4.98 Å². The van der Waals surface area contributed by atoms with E-state index in [4.69, 9.17) is 20.9 Å². The predicted molar refractivity (Wildman–Crippen MR) is 163 cm³/mol. The largest absolute Gasteiger partial charge is 0.465 e. The Hall–Kier alpha value is -3.01. The minimum Gasteiger partial charge on any atom is -0.465 e. The first-order valence-electron chi connectivity index (χ1n) is 15.5. The van der Waals surface area contributed by atoms with Crippen LogP contribution in [0.15, 0.2) is 24.7 Å². The third-order valence-electron chi connectivity index (χ3n) is 7.22. The molecule has 230 valence electrons. The van der Waals surface area contributed by atoms with Gasteiger partial charge in [0.25, 0.3) is 0 Å². The number of carbonyl (C=O) groups excluding carboxylic acids is 2. The van der Waals surface area contributed by atoms with Crippen LogP contribution in [0.4, 0.5) is 5.95 Å². The Morgan fingerprint density at radius 2 is 1.66 bits per heavy atom. The fourth-order valence-electron chi connectivity index (χ4n) is 4.47. The van der Waals surface area contributed by atoms with Gasteiger partial charge in [0.15, 0.2) is 5.65 Å². The normalized spacial score (nSPS) is 13.2. The Bertz CT molecular complexity index is 1050. The molecular weight excluding hydrogens is 520 g/mol. The Kier molecular flexibility index (Phi) is 16.6. The zero-order valence-electron chi connectivity index (χ0n) is 25.4. The lowest BCUT2D eigenvalue weighted by atomic mass is 10.1. The molecule has 10 heteroatoms. The molecule has 2 heterocycles. The van der Waals surface area contributed by atoms with Crippen molar-refractivity contribution >= 4 is 29.1 Å². The van der Waals surface area contributed by atoms with E-state index in [-0.39, 0.29) is 37.0 Å². The molecule has 0 amide bonds. The van der Waals surface area contributed by atoms with Gasteiger partial charge in [-0.1, -0.05) is 71.4 Å². The highest BCUT2D eigenvalue weighted by Crippen LogP contribution is 2.16. The highest BCUT2D eigenvalue weighted by molar-refractivity contribution is 5.75. The van der Waals surface area contributed by atoms with Crippen LogP contribution in [0.5, 0.6) is 0 Å². The van der Waals surface area contributed by atoms with E-state index in [2.05, 4.69) is 34.0 Å². The van der Waals surface area contributed by atoms with Crippen molar-refractivity contribution in [1.82, 2.24) is 19.5 Å². The number of allylic oxidation sites excluding steroid dienone is 2. The number of carbonyl (C=O) groups is 2. The fraction of sp³-hybridized carbons (Fsp3) is 0.710. The first-order chi connectivity index (χ1) is 19.8. The van der Waals surface area contributed by atoms with Crippen LogP contribution in [0.1, 0.15) is 104 Å². The molecule has 0 saturated heterocycles. The highest BCUT2D eigenvalue weighted by atomic mass is 16.5. The summed E-state index contributed by atoms with van der Waals surface area (Å²) >= 11 is 0. The number of ether oxygens (including phenoxy) is 2. The van der Waals surface area contributed by atoms with Gasteiger partial charge in [-0.25, -0.2) is 9.97 Å². The summed E-state index contributed by atoms with van der Waals surface area (Å²) in [5.41, 5.74) is 12.9. The van der Waals surface area contributed by atoms with Crippen molar-refractivity contribution in [2.75, 3.05) is 18.9 Å². The van der Waals surface area contributed by atoms with E-state index < -0.39 is 12.0 Å². The molecule has 0 radical (unpaired) electrons. The van der Waals surface area contributed by atoms with Crippen LogP contribution >= 0.6 is 0 Å². The van der Waals surface area contributed by atoms with Crippen LogP contribution in [0.3, 0.4) is 0 Å². The van der Waals surface area contributed by atoms with Crippen molar-refractivity contribution in [3.05, 3.63) is 24.7 Å². The maximum absolute atomic E-state index is 12.5. The molecule has 41 heavy (non-hydrogen) atoms. The molecule has 0 aliphatic rings. The van der Waals surface area contributed by atoms with Crippen LogP contribution < -0.4 is 11.5 Å². The lowest BCUT2D eigenvalue weighted by molar-refractivity contribution is -0.149. The maximum atomic E-state index is 12.5. The van der Waals surface area contributed by atoms with Gasteiger partial charge in [0.2, 0.25) is 5.95 Å². The second kappa shape index (κ2) is 20.0. The van der Waals surface area contributed by atoms with Gasteiger partial charge in [-0.15, -0.1) is 0 Å². The van der Waals surface area contributed by atoms with E-state index in [9.17, 15) is 9.59 Å². The number of imidazole rings is 1. The minimum absolute atomic E-state index is 0.0105. The summed E-state index contributed by atoms with van der Waals surface area (Å²) in [7, 11) is 0. The van der Waals surface area contributed by atoms with E-state index in [0.29, 0.717) is 30.6 Å². The van der Waals surface area contributed by atoms with Crippen molar-refractivity contribution < 1.29 is 19.1 Å². The monoisotopic (exact) mass is 572 g/mol. The molecule has 2 rings (SSSR count). The van der Waals surface area contributed by atoms with Crippen molar-refractivity contribution in [3.63, 3.8) is 0 Å². The molecule has 0 aromatic carbocycles. The minimum atomic E-state index is -0.666. The second-order valence-corrected chi connectivity index (χ2v) is 11.2. The van der Waals surface area contributed by atoms with E-state index in [1.54, 1.807) is 12.5 Å². The van der Waals surface area contributed by atoms with Gasteiger partial charge in [0, 0.05) is 18.9 Å². The Morgan fingerprint density at radius 3 is 2.37 bits per heavy atom. The molecule has 0 aliphatic carbocycles. The third kappa shape index (κ3) is 13.9. The number of nitrogens with zero attached hydrogens (tertiary/aromatic N) is 4. The third-order valence-corrected chi connectivity index (χ3v) is 7.22. The number of nitrogens with two attached hydrogens (primary N) is 2. The van der Waals surface area contributed by atoms with Gasteiger partial charge >= 0.3 is 11.9 Å². The van der Waals surface area contributed by atoms with E-state index in [0.717, 1.165) is 25.7 Å². The number of nitrogen functional groups attached to an aromatic ring is 1. The molecule has 0 aliphatic heterocycles. The molecule has 1 unspecified atom stereocenters. The molecule has 2 atom stereocenters. The maximum Gasteiger partial charge on any atom is 0.323 e. The van der Waals surface area contributed by atoms with Crippen molar-refractivity contribution in [1.29, 1.82) is 0 Å². The number of anilines is 1. The fourth-order valence-corrected chi connectivity index (χ4v) is 4.47. The van der Waals surface area contributed by atoms with E-state index in [1.807, 2.05) is 18.4 Å². The molecular formula is C31H52N6O4. The van der Waals surface area contributed by atoms with Gasteiger partial charge in [0.05, 0.1) is 25.7 Å². The molecule has 0 saturated carbocycles. The van der Waals surface area contributed by atoms with Crippen LogP contribution in [0.25, 0.3) is 11.2 Å². The molecule has 0 bridgehead atoms. The highest BCUT2D eigenvalue weighted by Gasteiger charge is 2.21. The zero-order chi connectivity index (χ0) is 29.9. The van der Waals surface area contributed by atoms with Crippen molar-refractivity contribution in [2.45, 2.75) is 117 Å². The zero-order valence-corrected chi connectivity index (χ0v) is 25.4. The SMILES string of the molecule is CCCCCCC=CCCCCCCCC(=O)OCC(CCOC(=O)[C@@H](N)C(C)C)Cn1cnc2cnc(N)nc21. The number of unbranched alkanes of at least 4 members (excludes halogenated alkanes) is 9. The van der Waals surface area contributed by atoms with E-state index in [1.165, 1.54) is 44.9 Å². The molecule has 2 aromatic rings. The number of aromatic nitrogens is 4. The molecule has 2 aromatic heterocycles. The first kappa shape index (κ1) is 34.2. The summed E-state index contributed by atoms with van der Waals surface area (Å²) < 4.78 is 12.9. The van der Waals surface area contributed by atoms with Crippen molar-refractivity contribution in [3.8, 4) is 0 Å². The van der Waals surface area contributed by atoms with Crippen LogP contribution in [0.2, 0.25) is 0 Å². The van der Waals surface area contributed by atoms with Gasteiger partial charge in [0.1, 0.15) is 11.6 Å². The smallest absolute Gasteiger partial charge is 0.323 e. The van der Waals surface area contributed by atoms with Gasteiger partial charge in [-0.05, 0) is 44.4 Å². The summed E-state index contributed by atoms with van der Waals surface area (Å²) in [6, 6.07) is -0.666. The van der Waals surface area contributed by atoms with Crippen LogP contribution in [0, 0.1) is 11.8 Å². The Morgan fingerprint density at radius 1 is 0.976 bits per heavy atom. The Labute approximate surface area is 245 Å². The van der Waals surface area contributed by atoms with Crippen LogP contribution in [-0.4, -0.2) is 50.7 Å². The standard InChI is InChI=1S/C31H52N6O4/c1-4-5-6-7-8-9-10-11-12-13-14-15-16-17-27(38)41-22-25(18-19-40-30(39)28(32)24(2)3)21-37-23-35-26-20-34-31(33)36-29(26)37/h9-10,20,23-25,28H,4-8,11-19,21-22,32H2,1-3H3,(H2,33,34,36)/t25?,28-/m0/s1. The summed E-state index contributed by atoms with van der Waals surface area (Å²) in [5.74, 6) is -0.600. The summed E-state index contributed by atoms with van der Waals surface area (Å²) in [6.45, 7) is 6.85. The summed E-state index contributed by atoms with van der Waals surface area (Å²) in [4.78, 5) is 37.2. The van der Waals surface area contributed by atoms with Crippen LogP contribution in [-0.2, 0) is 25.6 Å². The lowest BCUT2D eigenvalue weighted by Gasteiger charge is -2.19. The average Bonchev–Trinajstić information content (AvgIpc) is 3.34. The van der Waals surface area contributed by atoms with Gasteiger partial charge in [-0.3, -0.25) is 9.59 Å². The quantitative estimate of drug-likeness (QED) is 0.102. The first-order valence-corrected chi connectivity index (χ1v) is 15.5. The topological polar surface area (TPSA) is 148 Å². The second-order valence-electron chi connectivity index (χ2n) is 11.2.